The van der Waals surface area contributed by atoms with Crippen LogP contribution < -0.4 is 10.6 Å². The number of anilines is 1. The van der Waals surface area contributed by atoms with Crippen molar-refractivity contribution in [3.63, 3.8) is 0 Å². The molecular weight excluding hydrogens is 386 g/mol. The molecule has 154 valence electrons. The quantitative estimate of drug-likeness (QED) is 0.680. The highest BCUT2D eigenvalue weighted by Gasteiger charge is 2.24. The van der Waals surface area contributed by atoms with Crippen molar-refractivity contribution in [1.82, 2.24) is 10.2 Å². The van der Waals surface area contributed by atoms with E-state index in [4.69, 9.17) is 11.6 Å². The second-order valence-electron chi connectivity index (χ2n) is 7.63. The fourth-order valence-corrected chi connectivity index (χ4v) is 3.82. The SMILES string of the molecule is C[C@@H](NC(=O)CC[C@H]1CCCN(C(=O)Nc2ccc(Cl)cc2)C1)c1ccccc1. The first kappa shape index (κ1) is 21.2. The number of carbonyl (C=O) groups is 2. The van der Waals surface area contributed by atoms with Crippen molar-refractivity contribution < 1.29 is 9.59 Å². The number of hydrogen-bond donors (Lipinski definition) is 2. The number of urea groups is 1. The summed E-state index contributed by atoms with van der Waals surface area (Å²) in [5.41, 5.74) is 1.83. The number of hydrogen-bond acceptors (Lipinski definition) is 2. The zero-order chi connectivity index (χ0) is 20.6. The lowest BCUT2D eigenvalue weighted by Crippen LogP contribution is -2.42. The molecule has 3 rings (SSSR count). The van der Waals surface area contributed by atoms with E-state index >= 15 is 0 Å². The van der Waals surface area contributed by atoms with Crippen LogP contribution in [0.2, 0.25) is 5.02 Å². The van der Waals surface area contributed by atoms with Crippen LogP contribution in [0.3, 0.4) is 0 Å². The predicted molar refractivity (Wildman–Crippen MR) is 117 cm³/mol. The maximum Gasteiger partial charge on any atom is 0.321 e. The van der Waals surface area contributed by atoms with Crippen molar-refractivity contribution in [3.05, 3.63) is 65.2 Å². The predicted octanol–water partition coefficient (Wildman–Crippen LogP) is 5.24. The van der Waals surface area contributed by atoms with Gasteiger partial charge < -0.3 is 15.5 Å². The lowest BCUT2D eigenvalue weighted by atomic mass is 9.93. The topological polar surface area (TPSA) is 61.4 Å². The van der Waals surface area contributed by atoms with Crippen molar-refractivity contribution in [3.8, 4) is 0 Å². The third kappa shape index (κ3) is 6.50. The van der Waals surface area contributed by atoms with Gasteiger partial charge in [0.15, 0.2) is 0 Å². The van der Waals surface area contributed by atoms with Crippen LogP contribution in [0.4, 0.5) is 10.5 Å². The minimum absolute atomic E-state index is 0.00305. The first-order valence-corrected chi connectivity index (χ1v) is 10.5. The number of nitrogens with one attached hydrogen (secondary N) is 2. The second-order valence-corrected chi connectivity index (χ2v) is 8.07. The van der Waals surface area contributed by atoms with E-state index in [0.717, 1.165) is 37.1 Å². The molecule has 0 spiro atoms. The summed E-state index contributed by atoms with van der Waals surface area (Å²) >= 11 is 5.89. The van der Waals surface area contributed by atoms with Gasteiger partial charge in [-0.15, -0.1) is 0 Å². The van der Waals surface area contributed by atoms with Crippen molar-refractivity contribution in [2.75, 3.05) is 18.4 Å². The largest absolute Gasteiger partial charge is 0.350 e. The van der Waals surface area contributed by atoms with E-state index in [2.05, 4.69) is 10.6 Å². The van der Waals surface area contributed by atoms with Gasteiger partial charge in [-0.3, -0.25) is 4.79 Å². The first-order chi connectivity index (χ1) is 14.0. The van der Waals surface area contributed by atoms with Gasteiger partial charge in [-0.25, -0.2) is 4.79 Å². The van der Waals surface area contributed by atoms with Crippen molar-refractivity contribution in [2.45, 2.75) is 38.6 Å². The summed E-state index contributed by atoms with van der Waals surface area (Å²) < 4.78 is 0. The summed E-state index contributed by atoms with van der Waals surface area (Å²) in [6.45, 7) is 3.42. The number of carbonyl (C=O) groups excluding carboxylic acids is 2. The Hall–Kier alpha value is -2.53. The summed E-state index contributed by atoms with van der Waals surface area (Å²) in [5.74, 6) is 0.404. The van der Waals surface area contributed by atoms with E-state index < -0.39 is 0 Å². The van der Waals surface area contributed by atoms with Crippen LogP contribution in [0, 0.1) is 5.92 Å². The smallest absolute Gasteiger partial charge is 0.321 e. The van der Waals surface area contributed by atoms with Crippen LogP contribution >= 0.6 is 11.6 Å². The molecule has 0 saturated carbocycles. The molecule has 5 nitrogen and oxygen atoms in total. The van der Waals surface area contributed by atoms with Crippen LogP contribution in [0.1, 0.15) is 44.2 Å². The van der Waals surface area contributed by atoms with Gasteiger partial charge in [0.1, 0.15) is 0 Å². The third-order valence-electron chi connectivity index (χ3n) is 5.36. The van der Waals surface area contributed by atoms with E-state index in [1.807, 2.05) is 42.2 Å². The van der Waals surface area contributed by atoms with Gasteiger partial charge >= 0.3 is 6.03 Å². The standard InChI is InChI=1S/C23H28ClN3O2/c1-17(19-7-3-2-4-8-19)25-22(28)14-9-18-6-5-15-27(16-18)23(29)26-21-12-10-20(24)11-13-21/h2-4,7-8,10-13,17-18H,5-6,9,14-16H2,1H3,(H,25,28)(H,26,29)/t17-,18-/m1/s1. The molecule has 2 aromatic rings. The van der Waals surface area contributed by atoms with Crippen molar-refractivity contribution in [1.29, 1.82) is 0 Å². The molecule has 1 aliphatic rings. The molecule has 2 aromatic carbocycles. The van der Waals surface area contributed by atoms with Gasteiger partial charge in [-0.2, -0.15) is 0 Å². The highest BCUT2D eigenvalue weighted by molar-refractivity contribution is 6.30. The number of benzene rings is 2. The lowest BCUT2D eigenvalue weighted by molar-refractivity contribution is -0.122. The molecule has 1 aliphatic heterocycles. The maximum atomic E-state index is 12.5. The average Bonchev–Trinajstić information content (AvgIpc) is 2.74. The number of amides is 3. The van der Waals surface area contributed by atoms with Crippen LogP contribution in [-0.4, -0.2) is 29.9 Å². The highest BCUT2D eigenvalue weighted by atomic mass is 35.5. The Labute approximate surface area is 177 Å². The summed E-state index contributed by atoms with van der Waals surface area (Å²) in [6, 6.07) is 16.9. The van der Waals surface area contributed by atoms with Gasteiger partial charge in [-0.05, 0) is 61.9 Å². The zero-order valence-electron chi connectivity index (χ0n) is 16.7. The highest BCUT2D eigenvalue weighted by Crippen LogP contribution is 2.22. The van der Waals surface area contributed by atoms with E-state index in [0.29, 0.717) is 23.9 Å². The fourth-order valence-electron chi connectivity index (χ4n) is 3.69. The molecule has 1 heterocycles. The third-order valence-corrected chi connectivity index (χ3v) is 5.61. The van der Waals surface area contributed by atoms with Crippen molar-refractivity contribution in [2.24, 2.45) is 5.92 Å². The van der Waals surface area contributed by atoms with Crippen LogP contribution in [-0.2, 0) is 4.79 Å². The molecule has 29 heavy (non-hydrogen) atoms. The number of piperidine rings is 1. The minimum atomic E-state index is -0.0980. The molecule has 6 heteroatoms. The van der Waals surface area contributed by atoms with Gasteiger partial charge in [0.2, 0.25) is 5.91 Å². The van der Waals surface area contributed by atoms with Crippen LogP contribution in [0.15, 0.2) is 54.6 Å². The summed E-state index contributed by atoms with van der Waals surface area (Å²) in [7, 11) is 0. The number of likely N-dealkylation sites (tertiary alicyclic amines) is 1. The molecule has 1 fully saturated rings. The molecule has 1 saturated heterocycles. The molecule has 0 bridgehead atoms. The molecule has 0 aliphatic carbocycles. The Bertz CT molecular complexity index is 811. The van der Waals surface area contributed by atoms with E-state index in [1.165, 1.54) is 0 Å². The Morgan fingerprint density at radius 2 is 1.86 bits per heavy atom. The Morgan fingerprint density at radius 3 is 2.59 bits per heavy atom. The monoisotopic (exact) mass is 413 g/mol. The molecular formula is C23H28ClN3O2. The lowest BCUT2D eigenvalue weighted by Gasteiger charge is -2.32. The molecule has 2 atom stereocenters. The molecule has 0 radical (unpaired) electrons. The van der Waals surface area contributed by atoms with Gasteiger partial charge in [0.05, 0.1) is 6.04 Å². The van der Waals surface area contributed by atoms with E-state index in [9.17, 15) is 9.59 Å². The Kier molecular flexibility index (Phi) is 7.53. The van der Waals surface area contributed by atoms with Crippen LogP contribution in [0.5, 0.6) is 0 Å². The number of nitrogens with zero attached hydrogens (tertiary/aromatic N) is 1. The van der Waals surface area contributed by atoms with Gasteiger partial charge in [-0.1, -0.05) is 41.9 Å². The zero-order valence-corrected chi connectivity index (χ0v) is 17.5. The van der Waals surface area contributed by atoms with Crippen LogP contribution in [0.25, 0.3) is 0 Å². The number of rotatable bonds is 6. The molecule has 2 N–H and O–H groups in total. The first-order valence-electron chi connectivity index (χ1n) is 10.2. The average molecular weight is 414 g/mol. The molecule has 3 amide bonds. The maximum absolute atomic E-state index is 12.5. The van der Waals surface area contributed by atoms with E-state index in [-0.39, 0.29) is 18.0 Å². The van der Waals surface area contributed by atoms with E-state index in [1.54, 1.807) is 24.3 Å². The summed E-state index contributed by atoms with van der Waals surface area (Å²) in [4.78, 5) is 26.7. The Balaban J connectivity index is 1.43. The van der Waals surface area contributed by atoms with Crippen molar-refractivity contribution >= 4 is 29.2 Å². The Morgan fingerprint density at radius 1 is 1.14 bits per heavy atom. The minimum Gasteiger partial charge on any atom is -0.350 e. The normalized spacial score (nSPS) is 17.4. The summed E-state index contributed by atoms with van der Waals surface area (Å²) in [6.07, 6.45) is 3.28. The van der Waals surface area contributed by atoms with Gasteiger partial charge in [0.25, 0.3) is 0 Å². The summed E-state index contributed by atoms with van der Waals surface area (Å²) in [5, 5.41) is 6.62. The molecule has 0 unspecified atom stereocenters. The fraction of sp³-hybridized carbons (Fsp3) is 0.391. The second kappa shape index (κ2) is 10.3. The van der Waals surface area contributed by atoms with Gasteiger partial charge in [0, 0.05) is 30.2 Å². The number of halogens is 1. The molecule has 0 aromatic heterocycles.